The first-order valence-corrected chi connectivity index (χ1v) is 7.67. The van der Waals surface area contributed by atoms with Crippen molar-refractivity contribution in [2.45, 2.75) is 19.8 Å². The summed E-state index contributed by atoms with van der Waals surface area (Å²) >= 11 is 0. The number of aromatic amines is 1. The van der Waals surface area contributed by atoms with E-state index in [0.29, 0.717) is 11.6 Å². The number of rotatable bonds is 3. The van der Waals surface area contributed by atoms with E-state index in [1.54, 1.807) is 13.2 Å². The summed E-state index contributed by atoms with van der Waals surface area (Å²) in [5.74, 6) is 1.48. The van der Waals surface area contributed by atoms with Crippen LogP contribution in [0.3, 0.4) is 0 Å². The van der Waals surface area contributed by atoms with Crippen molar-refractivity contribution in [1.29, 1.82) is 0 Å². The van der Waals surface area contributed by atoms with E-state index in [0.717, 1.165) is 42.9 Å². The normalized spacial score (nSPS) is 15.8. The second-order valence-electron chi connectivity index (χ2n) is 5.84. The molecule has 5 heteroatoms. The Kier molecular flexibility index (Phi) is 4.13. The van der Waals surface area contributed by atoms with Gasteiger partial charge in [0.15, 0.2) is 0 Å². The summed E-state index contributed by atoms with van der Waals surface area (Å²) in [6.07, 6.45) is 2.14. The van der Waals surface area contributed by atoms with Gasteiger partial charge < -0.3 is 9.64 Å². The first-order chi connectivity index (χ1) is 10.7. The number of aromatic nitrogens is 2. The first-order valence-electron chi connectivity index (χ1n) is 7.67. The molecule has 2 aromatic rings. The molecule has 0 spiro atoms. The van der Waals surface area contributed by atoms with Gasteiger partial charge in [-0.2, -0.15) is 5.10 Å². The molecular formula is C17H21N3O2. The largest absolute Gasteiger partial charge is 0.496 e. The molecule has 0 atom stereocenters. The van der Waals surface area contributed by atoms with E-state index >= 15 is 0 Å². The summed E-state index contributed by atoms with van der Waals surface area (Å²) in [6, 6.07) is 9.47. The highest BCUT2D eigenvalue weighted by molar-refractivity contribution is 5.93. The number of benzene rings is 1. The van der Waals surface area contributed by atoms with Crippen LogP contribution < -0.4 is 4.74 Å². The lowest BCUT2D eigenvalue weighted by Crippen LogP contribution is -2.38. The monoisotopic (exact) mass is 299 g/mol. The van der Waals surface area contributed by atoms with Gasteiger partial charge in [-0.25, -0.2) is 0 Å². The number of methoxy groups -OCH3 is 1. The van der Waals surface area contributed by atoms with Crippen LogP contribution in [0.2, 0.25) is 0 Å². The second-order valence-corrected chi connectivity index (χ2v) is 5.84. The highest BCUT2D eigenvalue weighted by Crippen LogP contribution is 2.28. The Balaban J connectivity index is 1.80. The fourth-order valence-electron chi connectivity index (χ4n) is 2.81. The first kappa shape index (κ1) is 14.6. The van der Waals surface area contributed by atoms with Crippen molar-refractivity contribution in [3.05, 3.63) is 36.0 Å². The maximum atomic E-state index is 12.5. The number of para-hydroxylation sites is 1. The average Bonchev–Trinajstić information content (AvgIpc) is 3.04. The van der Waals surface area contributed by atoms with Gasteiger partial charge in [-0.05, 0) is 37.0 Å². The maximum Gasteiger partial charge on any atom is 0.271 e. The van der Waals surface area contributed by atoms with Crippen LogP contribution in [0.25, 0.3) is 11.3 Å². The molecule has 0 radical (unpaired) electrons. The molecule has 2 heterocycles. The van der Waals surface area contributed by atoms with Gasteiger partial charge in [0, 0.05) is 18.7 Å². The number of carbonyl (C=O) groups is 1. The summed E-state index contributed by atoms with van der Waals surface area (Å²) < 4.78 is 5.35. The van der Waals surface area contributed by atoms with Crippen LogP contribution in [0.15, 0.2) is 30.3 Å². The minimum atomic E-state index is 0.0283. The van der Waals surface area contributed by atoms with Crippen molar-refractivity contribution in [2.24, 2.45) is 5.92 Å². The number of piperidine rings is 1. The molecule has 0 aliphatic carbocycles. The van der Waals surface area contributed by atoms with Crippen molar-refractivity contribution in [3.63, 3.8) is 0 Å². The quantitative estimate of drug-likeness (QED) is 0.948. The third-order valence-corrected chi connectivity index (χ3v) is 4.26. The zero-order valence-electron chi connectivity index (χ0n) is 13.0. The Morgan fingerprint density at radius 2 is 2.05 bits per heavy atom. The summed E-state index contributed by atoms with van der Waals surface area (Å²) in [5, 5.41) is 7.14. The number of amides is 1. The van der Waals surface area contributed by atoms with Crippen molar-refractivity contribution in [1.82, 2.24) is 15.1 Å². The molecule has 0 saturated carbocycles. The predicted octanol–water partition coefficient (Wildman–Crippen LogP) is 2.96. The van der Waals surface area contributed by atoms with Crippen LogP contribution >= 0.6 is 0 Å². The van der Waals surface area contributed by atoms with E-state index in [2.05, 4.69) is 17.1 Å². The third-order valence-electron chi connectivity index (χ3n) is 4.26. The number of H-pyrrole nitrogens is 1. The Bertz CT molecular complexity index is 657. The standard InChI is InChI=1S/C17H21N3O2/c1-12-7-9-20(10-8-12)17(21)15-11-14(18-19-15)13-5-3-4-6-16(13)22-2/h3-6,11-12H,7-10H2,1-2H3,(H,18,19). The Hall–Kier alpha value is -2.30. The van der Waals surface area contributed by atoms with Crippen molar-refractivity contribution >= 4 is 5.91 Å². The Labute approximate surface area is 130 Å². The highest BCUT2D eigenvalue weighted by atomic mass is 16.5. The summed E-state index contributed by atoms with van der Waals surface area (Å²) in [6.45, 7) is 3.88. The molecule has 1 aromatic heterocycles. The summed E-state index contributed by atoms with van der Waals surface area (Å²) in [4.78, 5) is 14.4. The van der Waals surface area contributed by atoms with Crippen LogP contribution in [0, 0.1) is 5.92 Å². The number of hydrogen-bond donors (Lipinski definition) is 1. The van der Waals surface area contributed by atoms with Crippen LogP contribution in [0.4, 0.5) is 0 Å². The molecule has 0 bridgehead atoms. The molecule has 1 aliphatic rings. The number of nitrogens with one attached hydrogen (secondary N) is 1. The molecule has 116 valence electrons. The average molecular weight is 299 g/mol. The molecule has 1 N–H and O–H groups in total. The van der Waals surface area contributed by atoms with Crippen LogP contribution in [-0.4, -0.2) is 41.2 Å². The van der Waals surface area contributed by atoms with Gasteiger partial charge in [0.2, 0.25) is 0 Å². The van der Waals surface area contributed by atoms with Gasteiger partial charge in [-0.15, -0.1) is 0 Å². The number of ether oxygens (including phenoxy) is 1. The van der Waals surface area contributed by atoms with Crippen molar-refractivity contribution < 1.29 is 9.53 Å². The minimum Gasteiger partial charge on any atom is -0.496 e. The van der Waals surface area contributed by atoms with Crippen molar-refractivity contribution in [3.8, 4) is 17.0 Å². The van der Waals surface area contributed by atoms with E-state index < -0.39 is 0 Å². The van der Waals surface area contributed by atoms with Gasteiger partial charge in [0.1, 0.15) is 11.4 Å². The topological polar surface area (TPSA) is 58.2 Å². The third kappa shape index (κ3) is 2.84. The zero-order chi connectivity index (χ0) is 15.5. The summed E-state index contributed by atoms with van der Waals surface area (Å²) in [5.41, 5.74) is 2.15. The Morgan fingerprint density at radius 1 is 1.32 bits per heavy atom. The zero-order valence-corrected chi connectivity index (χ0v) is 13.0. The molecule has 1 aliphatic heterocycles. The van der Waals surface area contributed by atoms with Crippen molar-refractivity contribution in [2.75, 3.05) is 20.2 Å². The fraction of sp³-hybridized carbons (Fsp3) is 0.412. The minimum absolute atomic E-state index is 0.0283. The molecule has 1 aromatic carbocycles. The van der Waals surface area contributed by atoms with E-state index in [1.165, 1.54) is 0 Å². The predicted molar refractivity (Wildman–Crippen MR) is 84.9 cm³/mol. The fourth-order valence-corrected chi connectivity index (χ4v) is 2.81. The van der Waals surface area contributed by atoms with Gasteiger partial charge in [-0.3, -0.25) is 9.89 Å². The summed E-state index contributed by atoms with van der Waals surface area (Å²) in [7, 11) is 1.63. The van der Waals surface area contributed by atoms with Gasteiger partial charge in [0.05, 0.1) is 12.8 Å². The Morgan fingerprint density at radius 3 is 2.77 bits per heavy atom. The van der Waals surface area contributed by atoms with Gasteiger partial charge >= 0.3 is 0 Å². The van der Waals surface area contributed by atoms with E-state index in [9.17, 15) is 4.79 Å². The molecule has 3 rings (SSSR count). The number of hydrogen-bond acceptors (Lipinski definition) is 3. The van der Waals surface area contributed by atoms with Crippen LogP contribution in [-0.2, 0) is 0 Å². The lowest BCUT2D eigenvalue weighted by atomic mass is 9.99. The smallest absolute Gasteiger partial charge is 0.271 e. The molecule has 1 saturated heterocycles. The number of likely N-dealkylation sites (tertiary alicyclic amines) is 1. The lowest BCUT2D eigenvalue weighted by Gasteiger charge is -2.29. The van der Waals surface area contributed by atoms with Crippen LogP contribution in [0.1, 0.15) is 30.3 Å². The molecule has 5 nitrogen and oxygen atoms in total. The molecular weight excluding hydrogens is 278 g/mol. The van der Waals surface area contributed by atoms with Crippen LogP contribution in [0.5, 0.6) is 5.75 Å². The second kappa shape index (κ2) is 6.22. The highest BCUT2D eigenvalue weighted by Gasteiger charge is 2.23. The molecule has 22 heavy (non-hydrogen) atoms. The van der Waals surface area contributed by atoms with E-state index in [-0.39, 0.29) is 5.91 Å². The number of carbonyl (C=O) groups excluding carboxylic acids is 1. The van der Waals surface area contributed by atoms with Gasteiger partial charge in [0.25, 0.3) is 5.91 Å². The SMILES string of the molecule is COc1ccccc1-c1cc(C(=O)N2CCC(C)CC2)[nH]n1. The molecule has 0 unspecified atom stereocenters. The maximum absolute atomic E-state index is 12.5. The van der Waals surface area contributed by atoms with Gasteiger partial charge in [-0.1, -0.05) is 19.1 Å². The molecule has 1 amide bonds. The lowest BCUT2D eigenvalue weighted by molar-refractivity contribution is 0.0691. The van der Waals surface area contributed by atoms with E-state index in [1.807, 2.05) is 29.2 Å². The van der Waals surface area contributed by atoms with E-state index in [4.69, 9.17) is 4.74 Å². The molecule has 1 fully saturated rings. The number of nitrogens with zero attached hydrogens (tertiary/aromatic N) is 2.